The minimum atomic E-state index is -1.08. The highest BCUT2D eigenvalue weighted by Crippen LogP contribution is 2.27. The third kappa shape index (κ3) is 2.74. The van der Waals surface area contributed by atoms with Crippen LogP contribution in [0.15, 0.2) is 24.4 Å². The molecule has 2 rings (SSSR count). The zero-order valence-electron chi connectivity index (χ0n) is 10.6. The van der Waals surface area contributed by atoms with Gasteiger partial charge in [-0.05, 0) is 37.1 Å². The molecule has 0 atom stereocenters. The fourth-order valence-corrected chi connectivity index (χ4v) is 2.15. The Bertz CT molecular complexity index is 641. The summed E-state index contributed by atoms with van der Waals surface area (Å²) in [5.41, 5.74) is 3.35. The molecule has 98 valence electrons. The molecule has 0 bridgehead atoms. The Morgan fingerprint density at radius 1 is 1.42 bits per heavy atom. The summed E-state index contributed by atoms with van der Waals surface area (Å²) in [6.45, 7) is 3.84. The second-order valence-corrected chi connectivity index (χ2v) is 4.52. The molecule has 0 fully saturated rings. The van der Waals surface area contributed by atoms with Gasteiger partial charge in [0.05, 0.1) is 5.56 Å². The Balaban J connectivity index is 2.67. The molecular weight excluding hydrogens is 264 g/mol. The molecule has 0 aromatic carbocycles. The Morgan fingerprint density at radius 3 is 2.74 bits per heavy atom. The van der Waals surface area contributed by atoms with Gasteiger partial charge in [0.25, 0.3) is 0 Å². The van der Waals surface area contributed by atoms with E-state index in [9.17, 15) is 4.79 Å². The molecule has 2 heterocycles. The number of aromatic carboxylic acids is 1. The van der Waals surface area contributed by atoms with Crippen molar-refractivity contribution in [3.05, 3.63) is 46.5 Å². The summed E-state index contributed by atoms with van der Waals surface area (Å²) in [7, 11) is 0. The monoisotopic (exact) mass is 276 g/mol. The normalized spacial score (nSPS) is 10.5. The molecule has 0 saturated carbocycles. The number of rotatable bonds is 3. The highest BCUT2D eigenvalue weighted by Gasteiger charge is 2.15. The van der Waals surface area contributed by atoms with E-state index in [4.69, 9.17) is 16.7 Å². The lowest BCUT2D eigenvalue weighted by Gasteiger charge is -2.10. The third-order valence-electron chi connectivity index (χ3n) is 2.83. The van der Waals surface area contributed by atoms with Gasteiger partial charge in [-0.2, -0.15) is 0 Å². The highest BCUT2D eigenvalue weighted by molar-refractivity contribution is 6.32. The Labute approximate surface area is 116 Å². The van der Waals surface area contributed by atoms with Crippen LogP contribution in [0.25, 0.3) is 11.1 Å². The van der Waals surface area contributed by atoms with Crippen molar-refractivity contribution in [1.29, 1.82) is 0 Å². The highest BCUT2D eigenvalue weighted by atomic mass is 35.5. The molecule has 0 aliphatic rings. The van der Waals surface area contributed by atoms with E-state index in [1.54, 1.807) is 12.3 Å². The Hall–Kier alpha value is -1.94. The number of carboxylic acids is 1. The van der Waals surface area contributed by atoms with Crippen molar-refractivity contribution in [3.63, 3.8) is 0 Å². The van der Waals surface area contributed by atoms with Gasteiger partial charge in [-0.3, -0.25) is 4.98 Å². The SMILES string of the molecule is CCc1nc(Cl)c(C(=O)O)cc1-c1ccnc(C)c1. The summed E-state index contributed by atoms with van der Waals surface area (Å²) < 4.78 is 0. The summed E-state index contributed by atoms with van der Waals surface area (Å²) in [6, 6.07) is 5.31. The summed E-state index contributed by atoms with van der Waals surface area (Å²) in [4.78, 5) is 19.5. The van der Waals surface area contributed by atoms with Crippen LogP contribution in [0, 0.1) is 6.92 Å². The molecule has 0 radical (unpaired) electrons. The van der Waals surface area contributed by atoms with Crippen LogP contribution < -0.4 is 0 Å². The van der Waals surface area contributed by atoms with Crippen LogP contribution in [-0.4, -0.2) is 21.0 Å². The third-order valence-corrected chi connectivity index (χ3v) is 3.12. The maximum Gasteiger partial charge on any atom is 0.338 e. The number of hydrogen-bond donors (Lipinski definition) is 1. The first-order valence-corrected chi connectivity index (χ1v) is 6.26. The van der Waals surface area contributed by atoms with E-state index in [0.29, 0.717) is 6.42 Å². The van der Waals surface area contributed by atoms with Crippen LogP contribution in [0.4, 0.5) is 0 Å². The van der Waals surface area contributed by atoms with E-state index >= 15 is 0 Å². The van der Waals surface area contributed by atoms with Crippen LogP contribution in [0.1, 0.15) is 28.7 Å². The van der Waals surface area contributed by atoms with E-state index in [2.05, 4.69) is 9.97 Å². The van der Waals surface area contributed by atoms with E-state index in [-0.39, 0.29) is 10.7 Å². The predicted molar refractivity (Wildman–Crippen MR) is 73.6 cm³/mol. The topological polar surface area (TPSA) is 63.1 Å². The van der Waals surface area contributed by atoms with E-state index in [1.165, 1.54) is 0 Å². The molecule has 2 aromatic rings. The first-order chi connectivity index (χ1) is 9.02. The second-order valence-electron chi connectivity index (χ2n) is 4.17. The number of halogens is 1. The zero-order valence-corrected chi connectivity index (χ0v) is 11.4. The van der Waals surface area contributed by atoms with Crippen LogP contribution in [-0.2, 0) is 6.42 Å². The van der Waals surface area contributed by atoms with Crippen molar-refractivity contribution in [2.24, 2.45) is 0 Å². The smallest absolute Gasteiger partial charge is 0.338 e. The van der Waals surface area contributed by atoms with Gasteiger partial charge in [-0.25, -0.2) is 9.78 Å². The van der Waals surface area contributed by atoms with Gasteiger partial charge >= 0.3 is 5.97 Å². The first-order valence-electron chi connectivity index (χ1n) is 5.88. The number of carbonyl (C=O) groups is 1. The molecular formula is C14H13ClN2O2. The van der Waals surface area contributed by atoms with Gasteiger partial charge in [0.1, 0.15) is 5.15 Å². The van der Waals surface area contributed by atoms with Crippen molar-refractivity contribution in [3.8, 4) is 11.1 Å². The number of pyridine rings is 2. The zero-order chi connectivity index (χ0) is 14.0. The molecule has 0 saturated heterocycles. The molecule has 2 aromatic heterocycles. The van der Waals surface area contributed by atoms with Crippen LogP contribution >= 0.6 is 11.6 Å². The fraction of sp³-hybridized carbons (Fsp3) is 0.214. The predicted octanol–water partition coefficient (Wildman–Crippen LogP) is 3.37. The fourth-order valence-electron chi connectivity index (χ4n) is 1.91. The van der Waals surface area contributed by atoms with E-state index in [0.717, 1.165) is 22.5 Å². The maximum atomic E-state index is 11.1. The largest absolute Gasteiger partial charge is 0.478 e. The molecule has 19 heavy (non-hydrogen) atoms. The van der Waals surface area contributed by atoms with Crippen molar-refractivity contribution in [2.45, 2.75) is 20.3 Å². The molecule has 0 aliphatic carbocycles. The quantitative estimate of drug-likeness (QED) is 0.873. The Morgan fingerprint density at radius 2 is 2.16 bits per heavy atom. The van der Waals surface area contributed by atoms with Gasteiger partial charge in [0.2, 0.25) is 0 Å². The minimum Gasteiger partial charge on any atom is -0.478 e. The second kappa shape index (κ2) is 5.36. The minimum absolute atomic E-state index is 0.0170. The molecule has 0 amide bonds. The number of carboxylic acid groups (broad SMARTS) is 1. The number of hydrogen-bond acceptors (Lipinski definition) is 3. The standard InChI is InChI=1S/C14H13ClN2O2/c1-3-12-10(9-4-5-16-8(2)6-9)7-11(14(18)19)13(15)17-12/h4-7H,3H2,1-2H3,(H,18,19). The van der Waals surface area contributed by atoms with Crippen molar-refractivity contribution < 1.29 is 9.90 Å². The van der Waals surface area contributed by atoms with Gasteiger partial charge in [0.15, 0.2) is 0 Å². The first kappa shape index (κ1) is 13.5. The van der Waals surface area contributed by atoms with Crippen molar-refractivity contribution >= 4 is 17.6 Å². The van der Waals surface area contributed by atoms with Gasteiger partial charge in [0, 0.05) is 23.1 Å². The lowest BCUT2D eigenvalue weighted by atomic mass is 10.0. The van der Waals surface area contributed by atoms with Crippen molar-refractivity contribution in [1.82, 2.24) is 9.97 Å². The van der Waals surface area contributed by atoms with E-state index in [1.807, 2.05) is 26.0 Å². The summed E-state index contributed by atoms with van der Waals surface area (Å²) in [5.74, 6) is -1.08. The average Bonchev–Trinajstić information content (AvgIpc) is 2.37. The van der Waals surface area contributed by atoms with Gasteiger partial charge in [-0.15, -0.1) is 0 Å². The van der Waals surface area contributed by atoms with Crippen LogP contribution in [0.3, 0.4) is 0 Å². The Kier molecular flexibility index (Phi) is 3.81. The molecule has 1 N–H and O–H groups in total. The van der Waals surface area contributed by atoms with Gasteiger partial charge in [-0.1, -0.05) is 18.5 Å². The molecule has 0 spiro atoms. The summed E-state index contributed by atoms with van der Waals surface area (Å²) in [6.07, 6.45) is 2.37. The molecule has 4 nitrogen and oxygen atoms in total. The number of aryl methyl sites for hydroxylation is 2. The molecule has 0 unspecified atom stereocenters. The van der Waals surface area contributed by atoms with Gasteiger partial charge < -0.3 is 5.11 Å². The maximum absolute atomic E-state index is 11.1. The van der Waals surface area contributed by atoms with Crippen LogP contribution in [0.5, 0.6) is 0 Å². The molecule has 0 aliphatic heterocycles. The summed E-state index contributed by atoms with van der Waals surface area (Å²) >= 11 is 5.89. The van der Waals surface area contributed by atoms with Crippen molar-refractivity contribution in [2.75, 3.05) is 0 Å². The molecule has 5 heteroatoms. The number of aromatic nitrogens is 2. The van der Waals surface area contributed by atoms with E-state index < -0.39 is 5.97 Å². The number of nitrogens with zero attached hydrogens (tertiary/aromatic N) is 2. The lowest BCUT2D eigenvalue weighted by molar-refractivity contribution is 0.0696. The van der Waals surface area contributed by atoms with Crippen LogP contribution in [0.2, 0.25) is 5.15 Å². The lowest BCUT2D eigenvalue weighted by Crippen LogP contribution is -2.03. The summed E-state index contributed by atoms with van der Waals surface area (Å²) in [5, 5.41) is 9.15. The average molecular weight is 277 g/mol.